The summed E-state index contributed by atoms with van der Waals surface area (Å²) in [4.78, 5) is 27.1. The van der Waals surface area contributed by atoms with Crippen molar-refractivity contribution in [3.05, 3.63) is 10.5 Å². The molecule has 0 saturated carbocycles. The molecule has 0 fully saturated rings. The second-order valence-electron chi connectivity index (χ2n) is 2.35. The van der Waals surface area contributed by atoms with Gasteiger partial charge < -0.3 is 15.9 Å². The van der Waals surface area contributed by atoms with Gasteiger partial charge in [-0.25, -0.2) is 0 Å². The predicted octanol–water partition coefficient (Wildman–Crippen LogP) is -0.822. The van der Waals surface area contributed by atoms with Crippen molar-refractivity contribution >= 4 is 29.4 Å². The SMILES string of the molecule is CO/N=C1/NC(=O)C(C(N)=O)=C1SC. The van der Waals surface area contributed by atoms with E-state index in [-0.39, 0.29) is 11.4 Å². The zero-order chi connectivity index (χ0) is 10.7. The maximum atomic E-state index is 11.3. The van der Waals surface area contributed by atoms with Gasteiger partial charge in [0.05, 0.1) is 4.91 Å². The van der Waals surface area contributed by atoms with Crippen LogP contribution in [0.4, 0.5) is 0 Å². The fourth-order valence-electron chi connectivity index (χ4n) is 1.03. The number of oxime groups is 1. The van der Waals surface area contributed by atoms with Crippen molar-refractivity contribution in [2.45, 2.75) is 0 Å². The molecule has 0 aromatic rings. The van der Waals surface area contributed by atoms with Gasteiger partial charge in [-0.3, -0.25) is 9.59 Å². The van der Waals surface area contributed by atoms with Gasteiger partial charge in [0.15, 0.2) is 5.84 Å². The van der Waals surface area contributed by atoms with Gasteiger partial charge in [-0.2, -0.15) is 0 Å². The molecular formula is C7H9N3O3S. The zero-order valence-electron chi connectivity index (χ0n) is 7.66. The predicted molar refractivity (Wildman–Crippen MR) is 52.3 cm³/mol. The van der Waals surface area contributed by atoms with Gasteiger partial charge in [0.2, 0.25) is 0 Å². The molecule has 1 heterocycles. The molecular weight excluding hydrogens is 206 g/mol. The van der Waals surface area contributed by atoms with Gasteiger partial charge >= 0.3 is 0 Å². The molecule has 0 unspecified atom stereocenters. The highest BCUT2D eigenvalue weighted by Gasteiger charge is 2.32. The molecule has 76 valence electrons. The first-order valence-corrected chi connectivity index (χ1v) is 4.85. The molecule has 2 amide bonds. The quantitative estimate of drug-likeness (QED) is 0.475. The van der Waals surface area contributed by atoms with E-state index in [9.17, 15) is 9.59 Å². The molecule has 1 aliphatic rings. The number of nitrogens with one attached hydrogen (secondary N) is 1. The highest BCUT2D eigenvalue weighted by atomic mass is 32.2. The molecule has 14 heavy (non-hydrogen) atoms. The van der Waals surface area contributed by atoms with E-state index in [1.807, 2.05) is 0 Å². The topological polar surface area (TPSA) is 93.8 Å². The molecule has 1 rings (SSSR count). The fraction of sp³-hybridized carbons (Fsp3) is 0.286. The van der Waals surface area contributed by atoms with Gasteiger partial charge in [-0.15, -0.1) is 11.8 Å². The van der Waals surface area contributed by atoms with Crippen LogP contribution in [0.3, 0.4) is 0 Å². The number of rotatable bonds is 3. The maximum Gasteiger partial charge on any atom is 0.263 e. The van der Waals surface area contributed by atoms with E-state index in [4.69, 9.17) is 5.73 Å². The highest BCUT2D eigenvalue weighted by Crippen LogP contribution is 2.23. The third-order valence-electron chi connectivity index (χ3n) is 1.53. The van der Waals surface area contributed by atoms with Crippen LogP contribution in [-0.4, -0.2) is 31.0 Å². The maximum absolute atomic E-state index is 11.3. The lowest BCUT2D eigenvalue weighted by Crippen LogP contribution is -2.27. The van der Waals surface area contributed by atoms with Crippen LogP contribution in [0, 0.1) is 0 Å². The first kappa shape index (κ1) is 10.6. The van der Waals surface area contributed by atoms with E-state index in [0.717, 1.165) is 0 Å². The number of amidine groups is 1. The van der Waals surface area contributed by atoms with Crippen LogP contribution >= 0.6 is 11.8 Å². The molecule has 3 N–H and O–H groups in total. The molecule has 0 saturated heterocycles. The van der Waals surface area contributed by atoms with E-state index in [1.165, 1.54) is 18.9 Å². The number of nitrogens with two attached hydrogens (primary N) is 1. The largest absolute Gasteiger partial charge is 0.397 e. The Bertz CT molecular complexity index is 348. The van der Waals surface area contributed by atoms with E-state index < -0.39 is 11.8 Å². The highest BCUT2D eigenvalue weighted by molar-refractivity contribution is 8.03. The minimum absolute atomic E-state index is 0.0756. The fourth-order valence-corrected chi connectivity index (χ4v) is 1.71. The first-order valence-electron chi connectivity index (χ1n) is 3.62. The molecule has 0 spiro atoms. The summed E-state index contributed by atoms with van der Waals surface area (Å²) in [6, 6.07) is 0. The van der Waals surface area contributed by atoms with Crippen molar-refractivity contribution in [1.82, 2.24) is 5.32 Å². The van der Waals surface area contributed by atoms with Crippen molar-refractivity contribution in [2.24, 2.45) is 10.9 Å². The molecule has 7 heteroatoms. The standard InChI is InChI=1S/C7H9N3O3S/c1-13-10-6-4(14-2)3(5(8)11)7(12)9-6/h1-2H3,(H2,8,11)(H,9,10,12). The number of carbonyl (C=O) groups excluding carboxylic acids is 2. The summed E-state index contributed by atoms with van der Waals surface area (Å²) < 4.78 is 0. The second kappa shape index (κ2) is 4.14. The van der Waals surface area contributed by atoms with Crippen molar-refractivity contribution in [2.75, 3.05) is 13.4 Å². The van der Waals surface area contributed by atoms with Crippen LogP contribution in [0.2, 0.25) is 0 Å². The summed E-state index contributed by atoms with van der Waals surface area (Å²) in [6.45, 7) is 0. The average Bonchev–Trinajstić information content (AvgIpc) is 2.42. The lowest BCUT2D eigenvalue weighted by molar-refractivity contribution is -0.120. The van der Waals surface area contributed by atoms with Crippen molar-refractivity contribution in [1.29, 1.82) is 0 Å². The smallest absolute Gasteiger partial charge is 0.263 e. The number of hydrogen-bond acceptors (Lipinski definition) is 5. The number of hydrogen-bond donors (Lipinski definition) is 2. The third kappa shape index (κ3) is 1.72. The van der Waals surface area contributed by atoms with E-state index in [2.05, 4.69) is 15.3 Å². The van der Waals surface area contributed by atoms with Gasteiger partial charge in [-0.05, 0) is 6.26 Å². The molecule has 6 nitrogen and oxygen atoms in total. The van der Waals surface area contributed by atoms with E-state index in [1.54, 1.807) is 6.26 Å². The molecule has 0 aromatic heterocycles. The van der Waals surface area contributed by atoms with Gasteiger partial charge in [0.1, 0.15) is 12.7 Å². The Morgan fingerprint density at radius 3 is 2.71 bits per heavy atom. The first-order chi connectivity index (χ1) is 6.61. The number of thioether (sulfide) groups is 1. The Kier molecular flexibility index (Phi) is 3.13. The molecule has 0 aliphatic carbocycles. The minimum atomic E-state index is -0.770. The second-order valence-corrected chi connectivity index (χ2v) is 3.17. The van der Waals surface area contributed by atoms with Crippen LogP contribution in [0.5, 0.6) is 0 Å². The lowest BCUT2D eigenvalue weighted by Gasteiger charge is -1.98. The molecule has 1 aliphatic heterocycles. The molecule has 0 radical (unpaired) electrons. The summed E-state index contributed by atoms with van der Waals surface area (Å²) in [5.74, 6) is -1.09. The summed E-state index contributed by atoms with van der Waals surface area (Å²) in [5, 5.41) is 5.93. The van der Waals surface area contributed by atoms with Crippen LogP contribution in [0.15, 0.2) is 15.6 Å². The summed E-state index contributed by atoms with van der Waals surface area (Å²) in [6.07, 6.45) is 1.71. The number of amides is 2. The molecule has 0 atom stereocenters. The Labute approximate surface area is 84.5 Å². The third-order valence-corrected chi connectivity index (χ3v) is 2.34. The minimum Gasteiger partial charge on any atom is -0.397 e. The summed E-state index contributed by atoms with van der Waals surface area (Å²) >= 11 is 1.21. The number of carbonyl (C=O) groups is 2. The number of primary amides is 1. The Morgan fingerprint density at radius 2 is 2.29 bits per heavy atom. The lowest BCUT2D eigenvalue weighted by atomic mass is 10.2. The van der Waals surface area contributed by atoms with Crippen LogP contribution in [0.1, 0.15) is 0 Å². The zero-order valence-corrected chi connectivity index (χ0v) is 8.47. The van der Waals surface area contributed by atoms with Crippen molar-refractivity contribution in [3.8, 4) is 0 Å². The Hall–Kier alpha value is -1.50. The average molecular weight is 215 g/mol. The van der Waals surface area contributed by atoms with Gasteiger partial charge in [-0.1, -0.05) is 5.16 Å². The van der Waals surface area contributed by atoms with Gasteiger partial charge in [0.25, 0.3) is 11.8 Å². The van der Waals surface area contributed by atoms with Crippen molar-refractivity contribution < 1.29 is 14.4 Å². The Balaban J connectivity index is 3.18. The molecule has 0 bridgehead atoms. The van der Waals surface area contributed by atoms with Crippen LogP contribution < -0.4 is 11.1 Å². The summed E-state index contributed by atoms with van der Waals surface area (Å²) in [7, 11) is 1.35. The van der Waals surface area contributed by atoms with Crippen LogP contribution in [-0.2, 0) is 14.4 Å². The van der Waals surface area contributed by atoms with E-state index in [0.29, 0.717) is 4.91 Å². The van der Waals surface area contributed by atoms with E-state index >= 15 is 0 Å². The Morgan fingerprint density at radius 1 is 1.64 bits per heavy atom. The number of nitrogens with zero attached hydrogens (tertiary/aromatic N) is 1. The monoisotopic (exact) mass is 215 g/mol. The summed E-state index contributed by atoms with van der Waals surface area (Å²) in [5.41, 5.74) is 4.97. The van der Waals surface area contributed by atoms with Gasteiger partial charge in [0, 0.05) is 0 Å². The van der Waals surface area contributed by atoms with Crippen molar-refractivity contribution in [3.63, 3.8) is 0 Å². The normalized spacial score (nSPS) is 18.7. The van der Waals surface area contributed by atoms with Crippen LogP contribution in [0.25, 0.3) is 0 Å². The molecule has 0 aromatic carbocycles.